The Hall–Kier alpha value is -2.49. The maximum atomic E-state index is 5.51. The zero-order chi connectivity index (χ0) is 21.5. The Kier molecular flexibility index (Phi) is 5.32. The first-order chi connectivity index (χ1) is 15.8. The van der Waals surface area contributed by atoms with Gasteiger partial charge in [0.25, 0.3) is 0 Å². The smallest absolute Gasteiger partial charge is 0.228 e. The Morgan fingerprint density at radius 3 is 2.66 bits per heavy atom. The molecule has 0 amide bonds. The minimum Gasteiger partial charge on any atom is -0.378 e. The van der Waals surface area contributed by atoms with Gasteiger partial charge in [-0.2, -0.15) is 0 Å². The summed E-state index contributed by atoms with van der Waals surface area (Å²) in [6.45, 7) is 6.09. The summed E-state index contributed by atoms with van der Waals surface area (Å²) >= 11 is 3.31. The van der Waals surface area contributed by atoms with Crippen molar-refractivity contribution in [3.63, 3.8) is 0 Å². The van der Waals surface area contributed by atoms with Crippen molar-refractivity contribution in [1.82, 2.24) is 24.7 Å². The molecule has 4 heterocycles. The summed E-state index contributed by atoms with van der Waals surface area (Å²) in [6.07, 6.45) is 2.36. The van der Waals surface area contributed by atoms with E-state index in [1.165, 1.54) is 24.0 Å². The molecule has 9 heteroatoms. The fraction of sp³-hybridized carbons (Fsp3) is 0.391. The molecule has 1 saturated carbocycles. The predicted molar refractivity (Wildman–Crippen MR) is 128 cm³/mol. The first kappa shape index (κ1) is 20.1. The number of fused-ring (bicyclic) bond motifs is 1. The summed E-state index contributed by atoms with van der Waals surface area (Å²) in [5.41, 5.74) is 2.38. The van der Waals surface area contributed by atoms with Gasteiger partial charge in [0.2, 0.25) is 5.95 Å². The second kappa shape index (κ2) is 8.46. The van der Waals surface area contributed by atoms with Crippen LogP contribution in [0, 0.1) is 0 Å². The van der Waals surface area contributed by atoms with E-state index in [1.807, 2.05) is 6.07 Å². The molecular formula is C23H24N6OS2. The lowest BCUT2D eigenvalue weighted by atomic mass is 10.1. The number of benzene rings is 1. The molecule has 1 aliphatic carbocycles. The Bertz CT molecular complexity index is 1240. The minimum atomic E-state index is 0.494. The lowest BCUT2D eigenvalue weighted by Gasteiger charge is -2.27. The van der Waals surface area contributed by atoms with Gasteiger partial charge in [0.05, 0.1) is 18.6 Å². The van der Waals surface area contributed by atoms with Gasteiger partial charge >= 0.3 is 0 Å². The molecule has 3 aromatic heterocycles. The number of thiophene rings is 1. The van der Waals surface area contributed by atoms with E-state index in [2.05, 4.69) is 56.2 Å². The monoisotopic (exact) mass is 464 g/mol. The third kappa shape index (κ3) is 3.68. The molecule has 1 aromatic carbocycles. The number of morpholine rings is 1. The molecule has 0 spiro atoms. The van der Waals surface area contributed by atoms with Crippen molar-refractivity contribution in [2.24, 2.45) is 0 Å². The van der Waals surface area contributed by atoms with Crippen LogP contribution in [0.1, 0.15) is 31.5 Å². The van der Waals surface area contributed by atoms with Gasteiger partial charge < -0.3 is 9.64 Å². The number of rotatable bonds is 6. The highest BCUT2D eigenvalue weighted by molar-refractivity contribution is 7.99. The highest BCUT2D eigenvalue weighted by Gasteiger charge is 2.29. The minimum absolute atomic E-state index is 0.494. The number of ether oxygens (including phenoxy) is 1. The molecule has 4 aromatic rings. The molecule has 2 fully saturated rings. The first-order valence-corrected chi connectivity index (χ1v) is 12.8. The van der Waals surface area contributed by atoms with Crippen molar-refractivity contribution in [2.45, 2.75) is 42.4 Å². The Morgan fingerprint density at radius 2 is 1.91 bits per heavy atom. The molecular weight excluding hydrogens is 440 g/mol. The van der Waals surface area contributed by atoms with Crippen LogP contribution in [0.15, 0.2) is 45.9 Å². The average molecular weight is 465 g/mol. The van der Waals surface area contributed by atoms with Crippen molar-refractivity contribution >= 4 is 39.3 Å². The predicted octanol–water partition coefficient (Wildman–Crippen LogP) is 4.83. The van der Waals surface area contributed by atoms with E-state index >= 15 is 0 Å². The molecule has 32 heavy (non-hydrogen) atoms. The Balaban J connectivity index is 1.44. The third-order valence-corrected chi connectivity index (χ3v) is 7.79. The largest absolute Gasteiger partial charge is 0.378 e. The van der Waals surface area contributed by atoms with E-state index < -0.39 is 0 Å². The topological polar surface area (TPSA) is 69.0 Å². The lowest BCUT2D eigenvalue weighted by molar-refractivity contribution is 0.121. The first-order valence-electron chi connectivity index (χ1n) is 11.1. The van der Waals surface area contributed by atoms with E-state index in [9.17, 15) is 0 Å². The molecule has 164 valence electrons. The summed E-state index contributed by atoms with van der Waals surface area (Å²) in [7, 11) is 0. The van der Waals surface area contributed by atoms with Crippen LogP contribution in [0.5, 0.6) is 0 Å². The van der Waals surface area contributed by atoms with Crippen molar-refractivity contribution in [1.29, 1.82) is 0 Å². The van der Waals surface area contributed by atoms with Gasteiger partial charge in [-0.25, -0.2) is 9.97 Å². The van der Waals surface area contributed by atoms with E-state index in [0.717, 1.165) is 65.0 Å². The number of anilines is 1. The van der Waals surface area contributed by atoms with Crippen LogP contribution in [-0.2, 0) is 11.3 Å². The summed E-state index contributed by atoms with van der Waals surface area (Å²) in [5, 5.41) is 14.3. The fourth-order valence-corrected chi connectivity index (χ4v) is 6.11. The van der Waals surface area contributed by atoms with Gasteiger partial charge in [-0.15, -0.1) is 21.5 Å². The van der Waals surface area contributed by atoms with Gasteiger partial charge in [-0.3, -0.25) is 4.57 Å². The fourth-order valence-electron chi connectivity index (χ4n) is 4.07. The van der Waals surface area contributed by atoms with Crippen molar-refractivity contribution in [3.8, 4) is 11.1 Å². The SMILES string of the molecule is CCn1c(Sc2nc(C3CC3)nc3scc(-c4ccccc4)c23)nnc1N1CCOCC1. The van der Waals surface area contributed by atoms with Gasteiger partial charge in [-0.1, -0.05) is 30.3 Å². The van der Waals surface area contributed by atoms with Gasteiger partial charge in [-0.05, 0) is 37.1 Å². The molecule has 6 rings (SSSR count). The zero-order valence-corrected chi connectivity index (χ0v) is 19.5. The Labute approximate surface area is 194 Å². The van der Waals surface area contributed by atoms with Crippen molar-refractivity contribution < 1.29 is 4.74 Å². The van der Waals surface area contributed by atoms with Crippen LogP contribution in [0.4, 0.5) is 5.95 Å². The third-order valence-electron chi connectivity index (χ3n) is 5.94. The number of hydrogen-bond acceptors (Lipinski definition) is 8. The Morgan fingerprint density at radius 1 is 1.09 bits per heavy atom. The number of hydrogen-bond donors (Lipinski definition) is 0. The molecule has 0 bridgehead atoms. The summed E-state index contributed by atoms with van der Waals surface area (Å²) in [4.78, 5) is 13.3. The van der Waals surface area contributed by atoms with Crippen LogP contribution in [0.25, 0.3) is 21.3 Å². The van der Waals surface area contributed by atoms with Crippen LogP contribution >= 0.6 is 23.1 Å². The molecule has 0 radical (unpaired) electrons. The molecule has 0 N–H and O–H groups in total. The van der Waals surface area contributed by atoms with Crippen LogP contribution in [0.2, 0.25) is 0 Å². The molecule has 1 aliphatic heterocycles. The zero-order valence-electron chi connectivity index (χ0n) is 17.9. The normalized spacial score (nSPS) is 16.7. The molecule has 0 unspecified atom stereocenters. The van der Waals surface area contributed by atoms with Crippen LogP contribution < -0.4 is 4.90 Å². The summed E-state index contributed by atoms with van der Waals surface area (Å²) in [6, 6.07) is 10.5. The summed E-state index contributed by atoms with van der Waals surface area (Å²) < 4.78 is 7.70. The number of aromatic nitrogens is 5. The average Bonchev–Trinajstić information content (AvgIpc) is 3.48. The van der Waals surface area contributed by atoms with E-state index in [0.29, 0.717) is 5.92 Å². The van der Waals surface area contributed by atoms with Crippen LogP contribution in [-0.4, -0.2) is 51.0 Å². The van der Waals surface area contributed by atoms with E-state index in [4.69, 9.17) is 14.7 Å². The van der Waals surface area contributed by atoms with Gasteiger partial charge in [0.1, 0.15) is 15.7 Å². The molecule has 1 saturated heterocycles. The number of nitrogens with zero attached hydrogens (tertiary/aromatic N) is 6. The standard InChI is InChI=1S/C23H24N6OS2/c1-2-29-22(28-10-12-30-13-11-28)26-27-23(29)32-21-18-17(15-6-4-3-5-7-15)14-31-20(18)24-19(25-21)16-8-9-16/h3-7,14,16H,2,8-13H2,1H3. The van der Waals surface area contributed by atoms with Gasteiger partial charge in [0.15, 0.2) is 5.16 Å². The second-order valence-electron chi connectivity index (χ2n) is 8.09. The molecule has 0 atom stereocenters. The maximum absolute atomic E-state index is 5.51. The highest BCUT2D eigenvalue weighted by atomic mass is 32.2. The van der Waals surface area contributed by atoms with Gasteiger partial charge in [0, 0.05) is 36.5 Å². The second-order valence-corrected chi connectivity index (χ2v) is 9.90. The van der Waals surface area contributed by atoms with E-state index in [-0.39, 0.29) is 0 Å². The maximum Gasteiger partial charge on any atom is 0.228 e. The lowest BCUT2D eigenvalue weighted by Crippen LogP contribution is -2.38. The van der Waals surface area contributed by atoms with Crippen molar-refractivity contribution in [2.75, 3.05) is 31.2 Å². The van der Waals surface area contributed by atoms with Crippen molar-refractivity contribution in [3.05, 3.63) is 41.5 Å². The highest BCUT2D eigenvalue weighted by Crippen LogP contribution is 2.44. The van der Waals surface area contributed by atoms with E-state index in [1.54, 1.807) is 23.1 Å². The molecule has 7 nitrogen and oxygen atoms in total. The quantitative estimate of drug-likeness (QED) is 0.378. The van der Waals surface area contributed by atoms with Crippen LogP contribution in [0.3, 0.4) is 0 Å². The molecule has 2 aliphatic rings. The summed E-state index contributed by atoms with van der Waals surface area (Å²) in [5.74, 6) is 2.38.